The number of aliphatic imine (C=N–C) groups is 1. The van der Waals surface area contributed by atoms with Crippen molar-refractivity contribution in [2.75, 3.05) is 26.2 Å². The maximum atomic E-state index is 13.2. The van der Waals surface area contributed by atoms with Gasteiger partial charge in [0, 0.05) is 28.9 Å². The number of H-pyrrole nitrogens is 1. The first kappa shape index (κ1) is 24.5. The predicted molar refractivity (Wildman–Crippen MR) is 141 cm³/mol. The quantitative estimate of drug-likeness (QED) is 0.247. The number of hydrogen-bond donors (Lipinski definition) is 1. The van der Waals surface area contributed by atoms with Gasteiger partial charge >= 0.3 is 5.97 Å². The van der Waals surface area contributed by atoms with E-state index in [-0.39, 0.29) is 18.3 Å². The minimum absolute atomic E-state index is 0.00336. The summed E-state index contributed by atoms with van der Waals surface area (Å²) in [5.74, 6) is 4.06. The van der Waals surface area contributed by atoms with Crippen molar-refractivity contribution in [1.82, 2.24) is 14.9 Å². The molecule has 1 N–H and O–H groups in total. The highest BCUT2D eigenvalue weighted by Gasteiger charge is 2.44. The SMILES string of the molecule is CCOC(=O)C1C(=O)/C(=C/c2c[nH]c3ncccc23)OC1=Nc1ccc(C#CCN2CCCC2)cc1C. The summed E-state index contributed by atoms with van der Waals surface area (Å²) in [6.07, 6.45) is 7.50. The monoisotopic (exact) mass is 496 g/mol. The summed E-state index contributed by atoms with van der Waals surface area (Å²) >= 11 is 0. The molecule has 8 nitrogen and oxygen atoms in total. The fraction of sp³-hybridized carbons (Fsp3) is 0.310. The van der Waals surface area contributed by atoms with Crippen molar-refractivity contribution >= 4 is 40.4 Å². The van der Waals surface area contributed by atoms with Gasteiger partial charge in [0.2, 0.25) is 11.7 Å². The van der Waals surface area contributed by atoms with E-state index in [9.17, 15) is 9.59 Å². The maximum absolute atomic E-state index is 13.2. The van der Waals surface area contributed by atoms with Crippen LogP contribution in [0.25, 0.3) is 17.1 Å². The molecule has 0 radical (unpaired) electrons. The summed E-state index contributed by atoms with van der Waals surface area (Å²) in [6, 6.07) is 9.36. The van der Waals surface area contributed by atoms with Gasteiger partial charge in [0.15, 0.2) is 11.7 Å². The molecule has 0 bridgehead atoms. The second-order valence-electron chi connectivity index (χ2n) is 9.04. The fourth-order valence-corrected chi connectivity index (χ4v) is 4.51. The minimum atomic E-state index is -1.26. The van der Waals surface area contributed by atoms with Crippen LogP contribution in [0.2, 0.25) is 0 Å². The number of aromatic amines is 1. The molecule has 37 heavy (non-hydrogen) atoms. The number of benzene rings is 1. The zero-order valence-corrected chi connectivity index (χ0v) is 20.9. The van der Waals surface area contributed by atoms with Crippen LogP contribution in [0.3, 0.4) is 0 Å². The van der Waals surface area contributed by atoms with E-state index in [1.807, 2.05) is 37.3 Å². The lowest BCUT2D eigenvalue weighted by Crippen LogP contribution is -2.27. The summed E-state index contributed by atoms with van der Waals surface area (Å²) in [6.45, 7) is 6.74. The minimum Gasteiger partial charge on any atom is -0.465 e. The number of aryl methyl sites for hydroxylation is 1. The number of carbonyl (C=O) groups is 2. The van der Waals surface area contributed by atoms with E-state index in [0.29, 0.717) is 11.3 Å². The normalized spacial score (nSPS) is 19.8. The molecule has 0 spiro atoms. The Morgan fingerprint density at radius 3 is 2.95 bits per heavy atom. The predicted octanol–water partition coefficient (Wildman–Crippen LogP) is 4.17. The Labute approximate surface area is 215 Å². The van der Waals surface area contributed by atoms with Crippen LogP contribution in [0.1, 0.15) is 36.5 Å². The van der Waals surface area contributed by atoms with Crippen molar-refractivity contribution in [2.45, 2.75) is 26.7 Å². The highest BCUT2D eigenvalue weighted by molar-refractivity contribution is 6.27. The highest BCUT2D eigenvalue weighted by Crippen LogP contribution is 2.30. The van der Waals surface area contributed by atoms with Crippen LogP contribution < -0.4 is 0 Å². The van der Waals surface area contributed by atoms with Crippen molar-refractivity contribution in [3.05, 3.63) is 65.2 Å². The topological polar surface area (TPSA) is 96.9 Å². The Morgan fingerprint density at radius 2 is 2.16 bits per heavy atom. The molecule has 1 unspecified atom stereocenters. The third-order valence-electron chi connectivity index (χ3n) is 6.42. The molecule has 2 fully saturated rings. The van der Waals surface area contributed by atoms with E-state index in [0.717, 1.165) is 41.7 Å². The molecule has 2 aliphatic heterocycles. The van der Waals surface area contributed by atoms with Gasteiger partial charge in [-0.15, -0.1) is 0 Å². The molecule has 0 saturated carbocycles. The van der Waals surface area contributed by atoms with Gasteiger partial charge in [-0.05, 0) is 81.7 Å². The number of ether oxygens (including phenoxy) is 2. The van der Waals surface area contributed by atoms with Gasteiger partial charge in [0.25, 0.3) is 0 Å². The molecule has 2 saturated heterocycles. The number of ketones is 1. The average molecular weight is 497 g/mol. The number of likely N-dealkylation sites (tertiary alicyclic amines) is 1. The van der Waals surface area contributed by atoms with E-state index in [4.69, 9.17) is 9.47 Å². The molecule has 4 heterocycles. The lowest BCUT2D eigenvalue weighted by Gasteiger charge is -2.09. The van der Waals surface area contributed by atoms with Crippen LogP contribution >= 0.6 is 0 Å². The number of carbonyl (C=O) groups excluding carboxylic acids is 2. The number of Topliss-reactive ketones (excluding diaryl/α,β-unsaturated/α-hetero) is 1. The maximum Gasteiger partial charge on any atom is 0.326 e. The van der Waals surface area contributed by atoms with Crippen LogP contribution in [0.5, 0.6) is 0 Å². The Morgan fingerprint density at radius 1 is 1.32 bits per heavy atom. The molecule has 5 rings (SSSR count). The molecule has 1 aromatic carbocycles. The van der Waals surface area contributed by atoms with Crippen molar-refractivity contribution in [1.29, 1.82) is 0 Å². The lowest BCUT2D eigenvalue weighted by atomic mass is 10.0. The van der Waals surface area contributed by atoms with E-state index in [1.54, 1.807) is 25.4 Å². The number of nitrogens with zero attached hydrogens (tertiary/aromatic N) is 3. The molecule has 8 heteroatoms. The summed E-state index contributed by atoms with van der Waals surface area (Å²) in [5, 5.41) is 0.835. The van der Waals surface area contributed by atoms with Gasteiger partial charge in [-0.2, -0.15) is 0 Å². The third-order valence-corrected chi connectivity index (χ3v) is 6.42. The number of pyridine rings is 1. The number of esters is 1. The van der Waals surface area contributed by atoms with Crippen LogP contribution in [-0.2, 0) is 19.1 Å². The third kappa shape index (κ3) is 5.32. The molecule has 1 atom stereocenters. The Kier molecular flexibility index (Phi) is 7.15. The standard InChI is InChI=1S/C29H28N4O4/c1-3-36-29(35)25-26(34)24(17-21-18-31-27-22(21)9-6-12-30-27)37-28(25)32-23-11-10-20(16-19(23)2)8-7-15-33-13-4-5-14-33/h6,9-12,16-18,25H,3-5,13-15H2,1-2H3,(H,30,31)/b24-17-,32-28?. The van der Waals surface area contributed by atoms with E-state index >= 15 is 0 Å². The summed E-state index contributed by atoms with van der Waals surface area (Å²) in [4.78, 5) is 40.2. The van der Waals surface area contributed by atoms with Crippen molar-refractivity contribution in [3.8, 4) is 11.8 Å². The second-order valence-corrected chi connectivity index (χ2v) is 9.04. The Balaban J connectivity index is 1.43. The first-order chi connectivity index (χ1) is 18.0. The van der Waals surface area contributed by atoms with Crippen LogP contribution in [-0.4, -0.2) is 58.8 Å². The first-order valence-corrected chi connectivity index (χ1v) is 12.5. The Bertz CT molecular complexity index is 1470. The van der Waals surface area contributed by atoms with Gasteiger partial charge < -0.3 is 14.5 Å². The van der Waals surface area contributed by atoms with Crippen LogP contribution in [0.4, 0.5) is 5.69 Å². The highest BCUT2D eigenvalue weighted by atomic mass is 16.5. The number of hydrogen-bond acceptors (Lipinski definition) is 7. The fourth-order valence-electron chi connectivity index (χ4n) is 4.51. The van der Waals surface area contributed by atoms with Crippen molar-refractivity contribution in [3.63, 3.8) is 0 Å². The first-order valence-electron chi connectivity index (χ1n) is 12.5. The van der Waals surface area contributed by atoms with Crippen molar-refractivity contribution < 1.29 is 19.1 Å². The molecular formula is C29H28N4O4. The molecule has 3 aromatic rings. The lowest BCUT2D eigenvalue weighted by molar-refractivity contribution is -0.147. The number of allylic oxidation sites excluding steroid dienone is 1. The largest absolute Gasteiger partial charge is 0.465 e. The van der Waals surface area contributed by atoms with E-state index < -0.39 is 17.7 Å². The van der Waals surface area contributed by atoms with Gasteiger partial charge in [-0.25, -0.2) is 9.98 Å². The smallest absolute Gasteiger partial charge is 0.326 e. The number of fused-ring (bicyclic) bond motifs is 1. The zero-order chi connectivity index (χ0) is 25.8. The molecule has 2 aromatic heterocycles. The average Bonchev–Trinajstić information content (AvgIpc) is 3.62. The van der Waals surface area contributed by atoms with Crippen LogP contribution in [0, 0.1) is 24.7 Å². The van der Waals surface area contributed by atoms with Gasteiger partial charge in [-0.3, -0.25) is 14.5 Å². The molecular weight excluding hydrogens is 468 g/mol. The van der Waals surface area contributed by atoms with Crippen LogP contribution in [0.15, 0.2) is 53.5 Å². The molecule has 2 aliphatic rings. The molecule has 0 aliphatic carbocycles. The van der Waals surface area contributed by atoms with Gasteiger partial charge in [0.1, 0.15) is 5.65 Å². The number of nitrogens with one attached hydrogen (secondary N) is 1. The van der Waals surface area contributed by atoms with E-state index in [2.05, 4.69) is 31.7 Å². The molecule has 0 amide bonds. The number of aromatic nitrogens is 2. The second kappa shape index (κ2) is 10.8. The Hall–Kier alpha value is -4.22. The van der Waals surface area contributed by atoms with E-state index in [1.165, 1.54) is 12.8 Å². The van der Waals surface area contributed by atoms with Crippen molar-refractivity contribution in [2.24, 2.45) is 10.9 Å². The molecule has 188 valence electrons. The zero-order valence-electron chi connectivity index (χ0n) is 20.9. The summed E-state index contributed by atoms with van der Waals surface area (Å²) in [5.41, 5.74) is 3.76. The summed E-state index contributed by atoms with van der Waals surface area (Å²) in [7, 11) is 0. The summed E-state index contributed by atoms with van der Waals surface area (Å²) < 4.78 is 11.0. The number of rotatable bonds is 5. The van der Waals surface area contributed by atoms with Gasteiger partial charge in [-0.1, -0.05) is 11.8 Å². The van der Waals surface area contributed by atoms with Gasteiger partial charge in [0.05, 0.1) is 18.8 Å².